The molecule has 3 nitrogen and oxygen atoms in total. The predicted molar refractivity (Wildman–Crippen MR) is 64.3 cm³/mol. The first-order valence-electron chi connectivity index (χ1n) is 5.51. The van der Waals surface area contributed by atoms with Crippen LogP contribution in [0.5, 0.6) is 0 Å². The van der Waals surface area contributed by atoms with Gasteiger partial charge in [-0.2, -0.15) is 13.2 Å². The van der Waals surface area contributed by atoms with Crippen molar-refractivity contribution >= 4 is 11.6 Å². The number of rotatable bonds is 2. The summed E-state index contributed by atoms with van der Waals surface area (Å²) in [5.74, 6) is 2.96. The molecule has 0 radical (unpaired) electrons. The first-order valence-corrected chi connectivity index (χ1v) is 5.51. The molecule has 6 heteroatoms. The largest absolute Gasteiger partial charge is 0.471 e. The van der Waals surface area contributed by atoms with Crippen LogP contribution in [0.1, 0.15) is 18.9 Å². The third-order valence-electron chi connectivity index (χ3n) is 2.19. The molecule has 1 unspecified atom stereocenters. The van der Waals surface area contributed by atoms with Crippen molar-refractivity contribution in [2.24, 2.45) is 0 Å². The van der Waals surface area contributed by atoms with E-state index in [0.29, 0.717) is 6.42 Å². The molecule has 1 amide bonds. The molecule has 0 saturated heterocycles. The molecule has 0 bridgehead atoms. The lowest BCUT2D eigenvalue weighted by Crippen LogP contribution is -2.30. The van der Waals surface area contributed by atoms with Crippen molar-refractivity contribution < 1.29 is 23.1 Å². The first kappa shape index (κ1) is 15.1. The number of carbonyl (C=O) groups excluding carboxylic acids is 1. The Kier molecular flexibility index (Phi) is 4.95. The van der Waals surface area contributed by atoms with Crippen LogP contribution >= 0.6 is 0 Å². The molecule has 0 aliphatic heterocycles. The summed E-state index contributed by atoms with van der Waals surface area (Å²) < 4.78 is 36.4. The van der Waals surface area contributed by atoms with Gasteiger partial charge in [-0.1, -0.05) is 30.9 Å². The Hall–Kier alpha value is -2.00. The number of benzene rings is 1. The zero-order valence-electron chi connectivity index (χ0n) is 10.1. The van der Waals surface area contributed by atoms with Crippen molar-refractivity contribution in [2.45, 2.75) is 25.6 Å². The van der Waals surface area contributed by atoms with Crippen molar-refractivity contribution in [1.82, 2.24) is 0 Å². The van der Waals surface area contributed by atoms with Gasteiger partial charge in [0.1, 0.15) is 6.10 Å². The zero-order chi connectivity index (χ0) is 14.5. The van der Waals surface area contributed by atoms with Gasteiger partial charge in [0.2, 0.25) is 0 Å². The highest BCUT2D eigenvalue weighted by Crippen LogP contribution is 2.20. The monoisotopic (exact) mass is 271 g/mol. The molecule has 102 valence electrons. The zero-order valence-corrected chi connectivity index (χ0v) is 10.1. The average molecular weight is 271 g/mol. The Morgan fingerprint density at radius 2 is 2.05 bits per heavy atom. The Balaban J connectivity index is 2.96. The van der Waals surface area contributed by atoms with Crippen molar-refractivity contribution in [1.29, 1.82) is 0 Å². The lowest BCUT2D eigenvalue weighted by atomic mass is 10.1. The molecule has 1 rings (SSSR count). The second-order valence-electron chi connectivity index (χ2n) is 3.69. The van der Waals surface area contributed by atoms with E-state index < -0.39 is 18.2 Å². The Labute approximate surface area is 108 Å². The van der Waals surface area contributed by atoms with Gasteiger partial charge in [-0.05, 0) is 18.6 Å². The highest BCUT2D eigenvalue weighted by Gasteiger charge is 2.38. The summed E-state index contributed by atoms with van der Waals surface area (Å²) in [5.41, 5.74) is 0.174. The number of hydrogen-bond acceptors (Lipinski definition) is 2. The van der Waals surface area contributed by atoms with Gasteiger partial charge < -0.3 is 10.4 Å². The van der Waals surface area contributed by atoms with Gasteiger partial charge in [-0.15, -0.1) is 0 Å². The van der Waals surface area contributed by atoms with E-state index in [1.807, 2.05) is 0 Å². The van der Waals surface area contributed by atoms with Crippen molar-refractivity contribution in [3.05, 3.63) is 29.8 Å². The van der Waals surface area contributed by atoms with Crippen LogP contribution in [0.25, 0.3) is 0 Å². The van der Waals surface area contributed by atoms with Gasteiger partial charge in [0.25, 0.3) is 0 Å². The first-order chi connectivity index (χ1) is 8.84. The SMILES string of the molecule is CCC(O)C#Cc1ccccc1NC(=O)C(F)(F)F. The molecule has 19 heavy (non-hydrogen) atoms. The van der Waals surface area contributed by atoms with Crippen LogP contribution in [0.2, 0.25) is 0 Å². The summed E-state index contributed by atoms with van der Waals surface area (Å²) in [6.07, 6.45) is -5.40. The Bertz CT molecular complexity index is 515. The van der Waals surface area contributed by atoms with Crippen LogP contribution in [0.4, 0.5) is 18.9 Å². The fourth-order valence-corrected chi connectivity index (χ4v) is 1.16. The van der Waals surface area contributed by atoms with E-state index in [1.165, 1.54) is 18.2 Å². The highest BCUT2D eigenvalue weighted by molar-refractivity contribution is 5.96. The molecule has 0 aliphatic carbocycles. The van der Waals surface area contributed by atoms with Crippen molar-refractivity contribution in [3.8, 4) is 11.8 Å². The van der Waals surface area contributed by atoms with Crippen molar-refractivity contribution in [2.75, 3.05) is 5.32 Å². The number of para-hydroxylation sites is 1. The molecular weight excluding hydrogens is 259 g/mol. The van der Waals surface area contributed by atoms with E-state index >= 15 is 0 Å². The van der Waals surface area contributed by atoms with E-state index in [-0.39, 0.29) is 11.3 Å². The molecule has 0 heterocycles. The van der Waals surface area contributed by atoms with Gasteiger partial charge in [-0.3, -0.25) is 4.79 Å². The molecule has 1 aromatic rings. The second-order valence-corrected chi connectivity index (χ2v) is 3.69. The quantitative estimate of drug-likeness (QED) is 0.811. The van der Waals surface area contributed by atoms with E-state index in [0.717, 1.165) is 0 Å². The molecule has 2 N–H and O–H groups in total. The van der Waals surface area contributed by atoms with E-state index in [4.69, 9.17) is 0 Å². The third kappa shape index (κ3) is 4.64. The number of anilines is 1. The maximum absolute atomic E-state index is 12.1. The number of aliphatic hydroxyl groups excluding tert-OH is 1. The summed E-state index contributed by atoms with van der Waals surface area (Å²) in [4.78, 5) is 10.8. The standard InChI is InChI=1S/C13H12F3NO2/c1-2-10(18)8-7-9-5-3-4-6-11(9)17-12(19)13(14,15)16/h3-6,10,18H,2H2,1H3,(H,17,19). The topological polar surface area (TPSA) is 49.3 Å². The van der Waals surface area contributed by atoms with Crippen LogP contribution in [-0.2, 0) is 4.79 Å². The summed E-state index contributed by atoms with van der Waals surface area (Å²) in [5, 5.41) is 11.0. The fourth-order valence-electron chi connectivity index (χ4n) is 1.16. The molecule has 0 saturated carbocycles. The van der Waals surface area contributed by atoms with E-state index in [1.54, 1.807) is 18.3 Å². The minimum atomic E-state index is -4.95. The predicted octanol–water partition coefficient (Wildman–Crippen LogP) is 2.31. The number of aliphatic hydroxyl groups is 1. The number of halogens is 3. The summed E-state index contributed by atoms with van der Waals surface area (Å²) in [6, 6.07) is 5.83. The van der Waals surface area contributed by atoms with Crippen LogP contribution in [-0.4, -0.2) is 23.3 Å². The molecule has 0 fully saturated rings. The number of amides is 1. The summed E-state index contributed by atoms with van der Waals surface area (Å²) in [6.45, 7) is 1.72. The Morgan fingerprint density at radius 3 is 2.63 bits per heavy atom. The van der Waals surface area contributed by atoms with Crippen molar-refractivity contribution in [3.63, 3.8) is 0 Å². The van der Waals surface area contributed by atoms with Gasteiger partial charge in [0, 0.05) is 5.56 Å². The number of nitrogens with one attached hydrogen (secondary N) is 1. The van der Waals surface area contributed by atoms with Crippen LogP contribution in [0.3, 0.4) is 0 Å². The fraction of sp³-hybridized carbons (Fsp3) is 0.308. The van der Waals surface area contributed by atoms with Crippen LogP contribution in [0, 0.1) is 11.8 Å². The maximum Gasteiger partial charge on any atom is 0.471 e. The van der Waals surface area contributed by atoms with Crippen LogP contribution < -0.4 is 5.32 Å². The maximum atomic E-state index is 12.1. The molecular formula is C13H12F3NO2. The minimum absolute atomic E-state index is 0.0411. The normalized spacial score (nSPS) is 12.3. The Morgan fingerprint density at radius 1 is 1.42 bits per heavy atom. The van der Waals surface area contributed by atoms with Crippen LogP contribution in [0.15, 0.2) is 24.3 Å². The summed E-state index contributed by atoms with van der Waals surface area (Å²) in [7, 11) is 0. The molecule has 1 aromatic carbocycles. The van der Waals surface area contributed by atoms with Gasteiger partial charge in [0.15, 0.2) is 0 Å². The van der Waals surface area contributed by atoms with Gasteiger partial charge in [-0.25, -0.2) is 0 Å². The smallest absolute Gasteiger partial charge is 0.380 e. The molecule has 0 spiro atoms. The lowest BCUT2D eigenvalue weighted by molar-refractivity contribution is -0.167. The highest BCUT2D eigenvalue weighted by atomic mass is 19.4. The number of alkyl halides is 3. The van der Waals surface area contributed by atoms with E-state index in [2.05, 4.69) is 11.8 Å². The second kappa shape index (κ2) is 6.25. The van der Waals surface area contributed by atoms with Gasteiger partial charge >= 0.3 is 12.1 Å². The molecule has 0 aliphatic rings. The number of hydrogen-bond donors (Lipinski definition) is 2. The number of carbonyl (C=O) groups is 1. The van der Waals surface area contributed by atoms with E-state index in [9.17, 15) is 23.1 Å². The third-order valence-corrected chi connectivity index (χ3v) is 2.19. The summed E-state index contributed by atoms with van der Waals surface area (Å²) >= 11 is 0. The lowest BCUT2D eigenvalue weighted by Gasteiger charge is -2.09. The molecule has 0 aromatic heterocycles. The minimum Gasteiger partial charge on any atom is -0.380 e. The molecule has 1 atom stereocenters. The van der Waals surface area contributed by atoms with Gasteiger partial charge in [0.05, 0.1) is 5.69 Å². The average Bonchev–Trinajstić information content (AvgIpc) is 2.36.